The minimum absolute atomic E-state index is 0.189. The summed E-state index contributed by atoms with van der Waals surface area (Å²) in [6, 6.07) is 2.69. The number of hydrogen-bond acceptors (Lipinski definition) is 6. The molecular weight excluding hydrogens is 366 g/mol. The summed E-state index contributed by atoms with van der Waals surface area (Å²) in [6.07, 6.45) is 3.05. The maximum Gasteiger partial charge on any atom is 0.351 e. The van der Waals surface area contributed by atoms with Crippen molar-refractivity contribution in [2.24, 2.45) is 5.92 Å². The third-order valence-corrected chi connectivity index (χ3v) is 8.25. The Morgan fingerprint density at radius 3 is 2.52 bits per heavy atom. The summed E-state index contributed by atoms with van der Waals surface area (Å²) < 4.78 is 32.4. The molecule has 1 aliphatic carbocycles. The maximum absolute atomic E-state index is 12.9. The second-order valence-corrected chi connectivity index (χ2v) is 9.77. The first kappa shape index (κ1) is 17.9. The number of carbonyl (C=O) groups is 1. The molecule has 2 aromatic heterocycles. The van der Waals surface area contributed by atoms with Crippen molar-refractivity contribution in [1.29, 1.82) is 0 Å². The number of carboxylic acids is 1. The third-order valence-electron chi connectivity index (χ3n) is 4.72. The fraction of sp³-hybridized carbons (Fsp3) is 0.500. The zero-order chi connectivity index (χ0) is 18.4. The van der Waals surface area contributed by atoms with E-state index >= 15 is 0 Å². The van der Waals surface area contributed by atoms with Crippen LogP contribution in [0.15, 0.2) is 21.3 Å². The van der Waals surface area contributed by atoms with Crippen LogP contribution in [0.1, 0.15) is 43.0 Å². The van der Waals surface area contributed by atoms with Crippen molar-refractivity contribution in [2.45, 2.75) is 37.9 Å². The summed E-state index contributed by atoms with van der Waals surface area (Å²) in [5.41, 5.74) is -1.22. The van der Waals surface area contributed by atoms with Gasteiger partial charge < -0.3 is 9.52 Å². The monoisotopic (exact) mass is 385 g/mol. The number of anilines is 1. The molecule has 7 nitrogen and oxygen atoms in total. The number of carboxylic acid groups (broad SMARTS) is 1. The Hall–Kier alpha value is -1.87. The van der Waals surface area contributed by atoms with Crippen LogP contribution in [0.4, 0.5) is 5.00 Å². The zero-order valence-electron chi connectivity index (χ0n) is 13.9. The van der Waals surface area contributed by atoms with Gasteiger partial charge in [-0.2, -0.15) is 0 Å². The number of nitrogens with zero attached hydrogens (tertiary/aromatic N) is 1. The fourth-order valence-electron chi connectivity index (χ4n) is 3.08. The van der Waals surface area contributed by atoms with Crippen LogP contribution in [-0.2, 0) is 10.0 Å². The Bertz CT molecular complexity index is 966. The Morgan fingerprint density at radius 1 is 1.28 bits per heavy atom. The van der Waals surface area contributed by atoms with Gasteiger partial charge in [0.25, 0.3) is 0 Å². The maximum atomic E-state index is 12.9. The Morgan fingerprint density at radius 2 is 1.92 bits per heavy atom. The zero-order valence-corrected chi connectivity index (χ0v) is 15.5. The molecule has 1 saturated carbocycles. The standard InChI is InChI=1S/C16H19NO6S2/c1-9-3-5-10(6-4-9)25(21,22)17(2)14-8-12-13(24-14)7-11(15(18)19)16(20)23-12/h7-10H,3-6H2,1-2H3,(H,18,19). The van der Waals surface area contributed by atoms with Crippen LogP contribution in [0, 0.1) is 5.92 Å². The van der Waals surface area contributed by atoms with Crippen LogP contribution in [0.5, 0.6) is 0 Å². The van der Waals surface area contributed by atoms with Crippen LogP contribution in [0.2, 0.25) is 0 Å². The average molecular weight is 385 g/mol. The first-order valence-electron chi connectivity index (χ1n) is 7.99. The molecule has 1 N–H and O–H groups in total. The molecule has 0 bridgehead atoms. The van der Waals surface area contributed by atoms with Crippen molar-refractivity contribution in [3.8, 4) is 0 Å². The average Bonchev–Trinajstić information content (AvgIpc) is 2.96. The van der Waals surface area contributed by atoms with Crippen molar-refractivity contribution < 1.29 is 22.7 Å². The van der Waals surface area contributed by atoms with Gasteiger partial charge in [-0.15, -0.1) is 11.3 Å². The van der Waals surface area contributed by atoms with Crippen molar-refractivity contribution in [3.63, 3.8) is 0 Å². The van der Waals surface area contributed by atoms with E-state index in [2.05, 4.69) is 6.92 Å². The van der Waals surface area contributed by atoms with E-state index < -0.39 is 32.4 Å². The molecule has 25 heavy (non-hydrogen) atoms. The van der Waals surface area contributed by atoms with E-state index in [0.29, 0.717) is 28.5 Å². The Labute approximate surface area is 148 Å². The first-order chi connectivity index (χ1) is 11.7. The molecule has 2 aromatic rings. The highest BCUT2D eigenvalue weighted by Gasteiger charge is 2.33. The lowest BCUT2D eigenvalue weighted by atomic mass is 9.91. The summed E-state index contributed by atoms with van der Waals surface area (Å²) in [5, 5.41) is 8.99. The highest BCUT2D eigenvalue weighted by molar-refractivity contribution is 7.93. The fourth-order valence-corrected chi connectivity index (χ4v) is 6.02. The van der Waals surface area contributed by atoms with Crippen molar-refractivity contribution >= 4 is 42.6 Å². The summed E-state index contributed by atoms with van der Waals surface area (Å²) >= 11 is 1.09. The highest BCUT2D eigenvalue weighted by atomic mass is 32.2. The van der Waals surface area contributed by atoms with Crippen molar-refractivity contribution in [1.82, 2.24) is 0 Å². The van der Waals surface area contributed by atoms with E-state index in [9.17, 15) is 18.0 Å². The topological polar surface area (TPSA) is 105 Å². The molecular formula is C16H19NO6S2. The molecule has 0 radical (unpaired) electrons. The molecule has 0 saturated heterocycles. The van der Waals surface area contributed by atoms with Crippen LogP contribution in [0.3, 0.4) is 0 Å². The van der Waals surface area contributed by atoms with Gasteiger partial charge in [-0.3, -0.25) is 4.31 Å². The molecule has 1 fully saturated rings. The van der Waals surface area contributed by atoms with E-state index in [-0.39, 0.29) is 5.58 Å². The van der Waals surface area contributed by atoms with Crippen LogP contribution in [0.25, 0.3) is 10.3 Å². The lowest BCUT2D eigenvalue weighted by Crippen LogP contribution is -2.37. The molecule has 0 spiro atoms. The van der Waals surface area contributed by atoms with Gasteiger partial charge in [0.2, 0.25) is 10.0 Å². The SMILES string of the molecule is CC1CCC(S(=O)(=O)N(C)c2cc3oc(=O)c(C(=O)O)cc3s2)CC1. The van der Waals surface area contributed by atoms with Gasteiger partial charge in [-0.05, 0) is 37.7 Å². The van der Waals surface area contributed by atoms with Gasteiger partial charge in [0.15, 0.2) is 5.58 Å². The molecule has 9 heteroatoms. The second-order valence-electron chi connectivity index (χ2n) is 6.46. The summed E-state index contributed by atoms with van der Waals surface area (Å²) in [4.78, 5) is 22.7. The molecule has 0 aromatic carbocycles. The molecule has 2 heterocycles. The van der Waals surface area contributed by atoms with Crippen LogP contribution >= 0.6 is 11.3 Å². The molecule has 3 rings (SSSR count). The van der Waals surface area contributed by atoms with Gasteiger partial charge in [0, 0.05) is 13.1 Å². The summed E-state index contributed by atoms with van der Waals surface area (Å²) in [7, 11) is -2.03. The minimum Gasteiger partial charge on any atom is -0.477 e. The van der Waals surface area contributed by atoms with E-state index in [1.807, 2.05) is 0 Å². The van der Waals surface area contributed by atoms with Crippen LogP contribution < -0.4 is 9.93 Å². The van der Waals surface area contributed by atoms with Crippen LogP contribution in [-0.4, -0.2) is 31.8 Å². The Balaban J connectivity index is 1.95. The number of fused-ring (bicyclic) bond motifs is 1. The first-order valence-corrected chi connectivity index (χ1v) is 10.3. The normalized spacial score (nSPS) is 21.4. The summed E-state index contributed by atoms with van der Waals surface area (Å²) in [5.74, 6) is -0.826. The third kappa shape index (κ3) is 3.30. The largest absolute Gasteiger partial charge is 0.477 e. The molecule has 0 amide bonds. The van der Waals surface area contributed by atoms with Gasteiger partial charge >= 0.3 is 11.6 Å². The van der Waals surface area contributed by atoms with E-state index in [1.54, 1.807) is 0 Å². The highest BCUT2D eigenvalue weighted by Crippen LogP contribution is 2.36. The van der Waals surface area contributed by atoms with Crippen molar-refractivity contribution in [3.05, 3.63) is 28.1 Å². The van der Waals surface area contributed by atoms with E-state index in [4.69, 9.17) is 9.52 Å². The smallest absolute Gasteiger partial charge is 0.351 e. The van der Waals surface area contributed by atoms with Gasteiger partial charge in [-0.25, -0.2) is 18.0 Å². The van der Waals surface area contributed by atoms with Crippen molar-refractivity contribution in [2.75, 3.05) is 11.4 Å². The van der Waals surface area contributed by atoms with E-state index in [1.165, 1.54) is 23.5 Å². The predicted molar refractivity (Wildman–Crippen MR) is 96.1 cm³/mol. The molecule has 0 aliphatic heterocycles. The number of sulfonamides is 1. The lowest BCUT2D eigenvalue weighted by Gasteiger charge is -2.29. The lowest BCUT2D eigenvalue weighted by molar-refractivity contribution is 0.0692. The second kappa shape index (κ2) is 6.45. The number of hydrogen-bond donors (Lipinski definition) is 1. The molecule has 136 valence electrons. The molecule has 0 unspecified atom stereocenters. The van der Waals surface area contributed by atoms with Gasteiger partial charge in [0.1, 0.15) is 10.6 Å². The minimum atomic E-state index is -3.52. The van der Waals surface area contributed by atoms with Gasteiger partial charge in [0.05, 0.1) is 9.95 Å². The molecule has 1 aliphatic rings. The number of thiophene rings is 1. The summed E-state index contributed by atoms with van der Waals surface area (Å²) in [6.45, 7) is 2.13. The Kier molecular flexibility index (Phi) is 4.63. The molecule has 0 atom stereocenters. The van der Waals surface area contributed by atoms with Gasteiger partial charge in [-0.1, -0.05) is 6.92 Å². The quantitative estimate of drug-likeness (QED) is 0.868. The number of rotatable bonds is 4. The predicted octanol–water partition coefficient (Wildman–Crippen LogP) is 2.90. The van der Waals surface area contributed by atoms with E-state index in [0.717, 1.165) is 24.2 Å². The number of aromatic carboxylic acids is 1.